The molecule has 0 saturated carbocycles. The predicted molar refractivity (Wildman–Crippen MR) is 92.7 cm³/mol. The van der Waals surface area contributed by atoms with Crippen LogP contribution in [0, 0.1) is 5.82 Å². The van der Waals surface area contributed by atoms with Gasteiger partial charge in [-0.15, -0.1) is 0 Å². The van der Waals surface area contributed by atoms with Crippen molar-refractivity contribution >= 4 is 23.4 Å². The van der Waals surface area contributed by atoms with Crippen molar-refractivity contribution in [2.45, 2.75) is 11.7 Å². The van der Waals surface area contributed by atoms with Gasteiger partial charge < -0.3 is 9.88 Å². The number of imidazole rings is 1. The van der Waals surface area contributed by atoms with Gasteiger partial charge in [0.05, 0.1) is 5.69 Å². The standard InChI is InChI=1S/C18H14FN3OS/c19-14-6-4-12(5-7-14)17(23)20-15-3-1-2-13(10-15)16-11-22-8-9-24-18(22)21-16/h1-7,10-11H,8-9H2,(H,20,23). The van der Waals surface area contributed by atoms with Gasteiger partial charge in [-0.2, -0.15) is 0 Å². The molecule has 4 nitrogen and oxygen atoms in total. The molecule has 0 saturated heterocycles. The van der Waals surface area contributed by atoms with Crippen molar-refractivity contribution in [1.29, 1.82) is 0 Å². The Bertz CT molecular complexity index is 883. The molecule has 0 fully saturated rings. The van der Waals surface area contributed by atoms with Crippen molar-refractivity contribution in [3.8, 4) is 11.3 Å². The summed E-state index contributed by atoms with van der Waals surface area (Å²) in [6.07, 6.45) is 2.04. The maximum Gasteiger partial charge on any atom is 0.255 e. The van der Waals surface area contributed by atoms with Crippen molar-refractivity contribution in [2.24, 2.45) is 0 Å². The molecule has 0 radical (unpaired) electrons. The topological polar surface area (TPSA) is 46.9 Å². The number of hydrogen-bond acceptors (Lipinski definition) is 3. The molecule has 1 aliphatic rings. The van der Waals surface area contributed by atoms with Gasteiger partial charge in [-0.05, 0) is 36.4 Å². The van der Waals surface area contributed by atoms with E-state index >= 15 is 0 Å². The molecule has 4 rings (SSSR count). The molecule has 0 unspecified atom stereocenters. The molecule has 0 bridgehead atoms. The summed E-state index contributed by atoms with van der Waals surface area (Å²) in [6.45, 7) is 0.980. The Morgan fingerprint density at radius 1 is 1.21 bits per heavy atom. The largest absolute Gasteiger partial charge is 0.325 e. The van der Waals surface area contributed by atoms with E-state index in [2.05, 4.69) is 14.9 Å². The third kappa shape index (κ3) is 2.92. The van der Waals surface area contributed by atoms with Gasteiger partial charge in [0, 0.05) is 35.3 Å². The van der Waals surface area contributed by atoms with Crippen LogP contribution in [0.4, 0.5) is 10.1 Å². The highest BCUT2D eigenvalue weighted by atomic mass is 32.2. The summed E-state index contributed by atoms with van der Waals surface area (Å²) in [5.74, 6) is 0.436. The van der Waals surface area contributed by atoms with E-state index in [0.717, 1.165) is 28.7 Å². The second kappa shape index (κ2) is 6.13. The lowest BCUT2D eigenvalue weighted by atomic mass is 10.1. The number of carbonyl (C=O) groups is 1. The van der Waals surface area contributed by atoms with Crippen LogP contribution >= 0.6 is 11.8 Å². The molecular weight excluding hydrogens is 325 g/mol. The first-order chi connectivity index (χ1) is 11.7. The predicted octanol–water partition coefficient (Wildman–Crippen LogP) is 4.05. The summed E-state index contributed by atoms with van der Waals surface area (Å²) < 4.78 is 15.1. The van der Waals surface area contributed by atoms with E-state index < -0.39 is 0 Å². The van der Waals surface area contributed by atoms with Gasteiger partial charge in [-0.3, -0.25) is 4.79 Å². The first kappa shape index (κ1) is 15.0. The number of aryl methyl sites for hydroxylation is 1. The number of hydrogen-bond donors (Lipinski definition) is 1. The minimum atomic E-state index is -0.362. The summed E-state index contributed by atoms with van der Waals surface area (Å²) in [5, 5.41) is 3.87. The van der Waals surface area contributed by atoms with Crippen LogP contribution in [0.3, 0.4) is 0 Å². The monoisotopic (exact) mass is 339 g/mol. The van der Waals surface area contributed by atoms with E-state index in [0.29, 0.717) is 11.3 Å². The molecule has 6 heteroatoms. The molecule has 0 spiro atoms. The van der Waals surface area contributed by atoms with Gasteiger partial charge in [0.25, 0.3) is 5.91 Å². The average Bonchev–Trinajstić information content (AvgIpc) is 3.17. The van der Waals surface area contributed by atoms with E-state index in [-0.39, 0.29) is 11.7 Å². The Hall–Kier alpha value is -2.60. The van der Waals surface area contributed by atoms with E-state index in [1.54, 1.807) is 11.8 Å². The molecule has 1 N–H and O–H groups in total. The number of nitrogens with one attached hydrogen (secondary N) is 1. The zero-order valence-corrected chi connectivity index (χ0v) is 13.5. The van der Waals surface area contributed by atoms with Crippen molar-refractivity contribution in [3.63, 3.8) is 0 Å². The van der Waals surface area contributed by atoms with E-state index in [9.17, 15) is 9.18 Å². The normalized spacial score (nSPS) is 12.9. The average molecular weight is 339 g/mol. The van der Waals surface area contributed by atoms with E-state index in [4.69, 9.17) is 0 Å². The number of amides is 1. The summed E-state index contributed by atoms with van der Waals surface area (Å²) in [5.41, 5.74) is 2.95. The number of fused-ring (bicyclic) bond motifs is 1. The molecule has 24 heavy (non-hydrogen) atoms. The lowest BCUT2D eigenvalue weighted by molar-refractivity contribution is 0.102. The molecular formula is C18H14FN3OS. The van der Waals surface area contributed by atoms with Gasteiger partial charge in [0.15, 0.2) is 5.16 Å². The Balaban J connectivity index is 1.56. The molecule has 1 aromatic heterocycles. The second-order valence-corrected chi connectivity index (χ2v) is 6.55. The lowest BCUT2D eigenvalue weighted by Gasteiger charge is -2.07. The minimum Gasteiger partial charge on any atom is -0.325 e. The number of anilines is 1. The molecule has 3 aromatic rings. The quantitative estimate of drug-likeness (QED) is 0.783. The van der Waals surface area contributed by atoms with E-state index in [1.165, 1.54) is 24.3 Å². The lowest BCUT2D eigenvalue weighted by Crippen LogP contribution is -2.11. The number of benzene rings is 2. The summed E-state index contributed by atoms with van der Waals surface area (Å²) in [6, 6.07) is 13.0. The highest BCUT2D eigenvalue weighted by molar-refractivity contribution is 7.99. The Morgan fingerprint density at radius 3 is 2.83 bits per heavy atom. The van der Waals surface area contributed by atoms with Crippen molar-refractivity contribution in [1.82, 2.24) is 9.55 Å². The van der Waals surface area contributed by atoms with Crippen LogP contribution in [-0.4, -0.2) is 21.2 Å². The first-order valence-corrected chi connectivity index (χ1v) is 8.55. The van der Waals surface area contributed by atoms with Crippen molar-refractivity contribution in [2.75, 3.05) is 11.1 Å². The van der Waals surface area contributed by atoms with E-state index in [1.807, 2.05) is 30.5 Å². The summed E-state index contributed by atoms with van der Waals surface area (Å²) in [4.78, 5) is 16.9. The Morgan fingerprint density at radius 2 is 2.04 bits per heavy atom. The van der Waals surface area contributed by atoms with Crippen molar-refractivity contribution in [3.05, 3.63) is 66.1 Å². The molecule has 2 heterocycles. The Labute approximate surface area is 142 Å². The minimum absolute atomic E-state index is 0.268. The molecule has 0 atom stereocenters. The first-order valence-electron chi connectivity index (χ1n) is 7.56. The zero-order chi connectivity index (χ0) is 16.5. The van der Waals surface area contributed by atoms with Crippen molar-refractivity contribution < 1.29 is 9.18 Å². The Kier molecular flexibility index (Phi) is 3.82. The van der Waals surface area contributed by atoms with Gasteiger partial charge in [-0.25, -0.2) is 9.37 Å². The summed E-state index contributed by atoms with van der Waals surface area (Å²) in [7, 11) is 0. The van der Waals surface area contributed by atoms with Gasteiger partial charge >= 0.3 is 0 Å². The molecule has 2 aromatic carbocycles. The van der Waals surface area contributed by atoms with Gasteiger partial charge in [0.2, 0.25) is 0 Å². The number of nitrogens with zero attached hydrogens (tertiary/aromatic N) is 2. The van der Waals surface area contributed by atoms with Crippen LogP contribution in [0.1, 0.15) is 10.4 Å². The third-order valence-corrected chi connectivity index (χ3v) is 4.80. The number of aromatic nitrogens is 2. The van der Waals surface area contributed by atoms with Crippen LogP contribution in [0.25, 0.3) is 11.3 Å². The van der Waals surface area contributed by atoms with Crippen LogP contribution in [0.15, 0.2) is 59.9 Å². The number of thioether (sulfide) groups is 1. The SMILES string of the molecule is O=C(Nc1cccc(-c2cn3c(n2)SCC3)c1)c1ccc(F)cc1. The maximum absolute atomic E-state index is 12.9. The third-order valence-electron chi connectivity index (χ3n) is 3.83. The fourth-order valence-corrected chi connectivity index (χ4v) is 3.55. The zero-order valence-electron chi connectivity index (χ0n) is 12.7. The molecule has 1 aliphatic heterocycles. The highest BCUT2D eigenvalue weighted by Gasteiger charge is 2.15. The number of carbonyl (C=O) groups excluding carboxylic acids is 1. The number of halogens is 1. The number of rotatable bonds is 3. The van der Waals surface area contributed by atoms with Gasteiger partial charge in [-0.1, -0.05) is 23.9 Å². The fourth-order valence-electron chi connectivity index (χ4n) is 2.61. The second-order valence-electron chi connectivity index (χ2n) is 5.49. The van der Waals surface area contributed by atoms with Crippen LogP contribution in [-0.2, 0) is 6.54 Å². The molecule has 1 amide bonds. The summed E-state index contributed by atoms with van der Waals surface area (Å²) >= 11 is 1.75. The van der Waals surface area contributed by atoms with Crippen LogP contribution < -0.4 is 5.32 Å². The maximum atomic E-state index is 12.9. The fraction of sp³-hybridized carbons (Fsp3) is 0.111. The van der Waals surface area contributed by atoms with Gasteiger partial charge in [0.1, 0.15) is 5.82 Å². The van der Waals surface area contributed by atoms with Crippen LogP contribution in [0.2, 0.25) is 0 Å². The highest BCUT2D eigenvalue weighted by Crippen LogP contribution is 2.29. The molecule has 120 valence electrons. The van der Waals surface area contributed by atoms with Crippen LogP contribution in [0.5, 0.6) is 0 Å². The smallest absolute Gasteiger partial charge is 0.255 e. The molecule has 0 aliphatic carbocycles.